The van der Waals surface area contributed by atoms with E-state index in [4.69, 9.17) is 4.74 Å². The second-order valence-electron chi connectivity index (χ2n) is 4.72. The van der Waals surface area contributed by atoms with Gasteiger partial charge in [0.25, 0.3) is 0 Å². The number of ether oxygens (including phenoxy) is 1. The summed E-state index contributed by atoms with van der Waals surface area (Å²) in [4.78, 5) is 2.53. The van der Waals surface area contributed by atoms with E-state index in [2.05, 4.69) is 33.1 Å². The zero-order chi connectivity index (χ0) is 12.8. The first kappa shape index (κ1) is 20.0. The lowest BCUT2D eigenvalue weighted by molar-refractivity contribution is 0.160. The topological polar surface area (TPSA) is 24.5 Å². The molecule has 6 heteroatoms. The van der Waals surface area contributed by atoms with Crippen molar-refractivity contribution >= 4 is 40.7 Å². The lowest BCUT2D eigenvalue weighted by Gasteiger charge is -2.33. The van der Waals surface area contributed by atoms with E-state index >= 15 is 0 Å². The van der Waals surface area contributed by atoms with Crippen molar-refractivity contribution in [2.24, 2.45) is 0 Å². The molecule has 1 fully saturated rings. The predicted molar refractivity (Wildman–Crippen MR) is 92.7 cm³/mol. The summed E-state index contributed by atoms with van der Waals surface area (Å²) in [5, 5.41) is 3.41. The molecule has 2 rings (SSSR count). The van der Waals surface area contributed by atoms with Crippen LogP contribution in [0.5, 0.6) is 5.75 Å². The summed E-state index contributed by atoms with van der Waals surface area (Å²) in [6.07, 6.45) is 1.08. The highest BCUT2D eigenvalue weighted by Gasteiger charge is 2.16. The summed E-state index contributed by atoms with van der Waals surface area (Å²) in [6, 6.07) is 8.64. The number of piperazine rings is 1. The Balaban J connectivity index is 0.00000180. The minimum atomic E-state index is 0. The van der Waals surface area contributed by atoms with E-state index in [1.165, 1.54) is 0 Å². The van der Waals surface area contributed by atoms with Crippen LogP contribution in [0.3, 0.4) is 0 Å². The first-order valence-corrected chi connectivity index (χ1v) is 7.39. The third kappa shape index (κ3) is 6.19. The number of hydrogen-bond acceptors (Lipinski definition) is 3. The third-order valence-electron chi connectivity index (χ3n) is 3.32. The van der Waals surface area contributed by atoms with Gasteiger partial charge in [-0.15, -0.1) is 24.8 Å². The first-order valence-electron chi connectivity index (χ1n) is 6.59. The maximum absolute atomic E-state index is 5.77. The number of benzene rings is 1. The van der Waals surface area contributed by atoms with Gasteiger partial charge in [-0.3, -0.25) is 4.90 Å². The van der Waals surface area contributed by atoms with Gasteiger partial charge in [0.1, 0.15) is 5.75 Å². The van der Waals surface area contributed by atoms with Crippen molar-refractivity contribution < 1.29 is 4.74 Å². The molecule has 0 spiro atoms. The molecule has 0 radical (unpaired) electrons. The molecule has 1 heterocycles. The van der Waals surface area contributed by atoms with Crippen molar-refractivity contribution in [2.45, 2.75) is 19.4 Å². The molecule has 0 unspecified atom stereocenters. The molecule has 116 valence electrons. The van der Waals surface area contributed by atoms with E-state index in [0.717, 1.165) is 49.4 Å². The van der Waals surface area contributed by atoms with Crippen LogP contribution in [0.15, 0.2) is 28.7 Å². The molecular formula is C14H23BrCl2N2O. The first-order chi connectivity index (χ1) is 8.77. The van der Waals surface area contributed by atoms with Gasteiger partial charge in [0.2, 0.25) is 0 Å². The van der Waals surface area contributed by atoms with Crippen molar-refractivity contribution in [1.82, 2.24) is 10.2 Å². The standard InChI is InChI=1S/C14H21BrN2O.2ClH/c1-12-11-16-7-9-17(12)8-4-10-18-14-6-3-2-5-13(14)15;;/h2-3,5-6,12,16H,4,7-11H2,1H3;2*1H/t12-;;/m0../s1. The molecular weight excluding hydrogens is 363 g/mol. The predicted octanol–water partition coefficient (Wildman–Crippen LogP) is 3.36. The summed E-state index contributed by atoms with van der Waals surface area (Å²) in [6.45, 7) is 7.53. The Bertz CT molecular complexity index is 382. The van der Waals surface area contributed by atoms with Crippen molar-refractivity contribution in [3.8, 4) is 5.75 Å². The summed E-state index contributed by atoms with van der Waals surface area (Å²) < 4.78 is 6.80. The van der Waals surface area contributed by atoms with Crippen LogP contribution in [0, 0.1) is 0 Å². The lowest BCUT2D eigenvalue weighted by atomic mass is 10.2. The van der Waals surface area contributed by atoms with Crippen molar-refractivity contribution in [2.75, 3.05) is 32.8 Å². The number of halogens is 3. The molecule has 0 aromatic heterocycles. The van der Waals surface area contributed by atoms with Crippen LogP contribution in [0.2, 0.25) is 0 Å². The summed E-state index contributed by atoms with van der Waals surface area (Å²) in [7, 11) is 0. The van der Waals surface area contributed by atoms with Crippen LogP contribution in [0.1, 0.15) is 13.3 Å². The van der Waals surface area contributed by atoms with Crippen LogP contribution in [0.25, 0.3) is 0 Å². The maximum atomic E-state index is 5.77. The molecule has 1 atom stereocenters. The number of nitrogens with one attached hydrogen (secondary N) is 1. The molecule has 1 saturated heterocycles. The Morgan fingerprint density at radius 1 is 1.35 bits per heavy atom. The monoisotopic (exact) mass is 384 g/mol. The fraction of sp³-hybridized carbons (Fsp3) is 0.571. The Morgan fingerprint density at radius 3 is 2.80 bits per heavy atom. The maximum Gasteiger partial charge on any atom is 0.133 e. The molecule has 0 bridgehead atoms. The smallest absolute Gasteiger partial charge is 0.133 e. The summed E-state index contributed by atoms with van der Waals surface area (Å²) in [5.41, 5.74) is 0. The molecule has 1 N–H and O–H groups in total. The normalized spacial score (nSPS) is 18.8. The number of para-hydroxylation sites is 1. The van der Waals surface area contributed by atoms with Gasteiger partial charge in [-0.1, -0.05) is 12.1 Å². The van der Waals surface area contributed by atoms with E-state index in [-0.39, 0.29) is 24.8 Å². The number of nitrogens with zero attached hydrogens (tertiary/aromatic N) is 1. The highest BCUT2D eigenvalue weighted by atomic mass is 79.9. The van der Waals surface area contributed by atoms with E-state index in [0.29, 0.717) is 6.04 Å². The highest BCUT2D eigenvalue weighted by molar-refractivity contribution is 9.10. The quantitative estimate of drug-likeness (QED) is 0.786. The fourth-order valence-electron chi connectivity index (χ4n) is 2.23. The molecule has 0 amide bonds. The van der Waals surface area contributed by atoms with E-state index < -0.39 is 0 Å². The van der Waals surface area contributed by atoms with Crippen LogP contribution in [-0.2, 0) is 0 Å². The van der Waals surface area contributed by atoms with Gasteiger partial charge in [-0.25, -0.2) is 0 Å². The average Bonchev–Trinajstić information content (AvgIpc) is 2.38. The van der Waals surface area contributed by atoms with Crippen molar-refractivity contribution in [3.63, 3.8) is 0 Å². The Kier molecular flexibility index (Phi) is 10.7. The van der Waals surface area contributed by atoms with Crippen LogP contribution in [0.4, 0.5) is 0 Å². The molecule has 0 saturated carbocycles. The molecule has 1 aromatic carbocycles. The van der Waals surface area contributed by atoms with Gasteiger partial charge < -0.3 is 10.1 Å². The van der Waals surface area contributed by atoms with E-state index in [1.54, 1.807) is 0 Å². The SMILES string of the molecule is C[C@H]1CNCCN1CCCOc1ccccc1Br.Cl.Cl. The van der Waals surface area contributed by atoms with Gasteiger partial charge in [0.05, 0.1) is 11.1 Å². The zero-order valence-electron chi connectivity index (χ0n) is 11.7. The van der Waals surface area contributed by atoms with Gasteiger partial charge >= 0.3 is 0 Å². The third-order valence-corrected chi connectivity index (χ3v) is 3.98. The van der Waals surface area contributed by atoms with E-state index in [9.17, 15) is 0 Å². The fourth-order valence-corrected chi connectivity index (χ4v) is 2.63. The lowest BCUT2D eigenvalue weighted by Crippen LogP contribution is -2.50. The highest BCUT2D eigenvalue weighted by Crippen LogP contribution is 2.23. The molecule has 1 aliphatic rings. The largest absolute Gasteiger partial charge is 0.492 e. The molecule has 3 nitrogen and oxygen atoms in total. The number of hydrogen-bond donors (Lipinski definition) is 1. The average molecular weight is 386 g/mol. The zero-order valence-corrected chi connectivity index (χ0v) is 14.9. The van der Waals surface area contributed by atoms with Crippen LogP contribution < -0.4 is 10.1 Å². The molecule has 0 aliphatic carbocycles. The molecule has 1 aliphatic heterocycles. The molecule has 20 heavy (non-hydrogen) atoms. The number of rotatable bonds is 5. The van der Waals surface area contributed by atoms with Crippen LogP contribution in [-0.4, -0.2) is 43.7 Å². The Hall–Kier alpha value is -0.000000000000000111. The minimum absolute atomic E-state index is 0. The molecule has 1 aromatic rings. The summed E-state index contributed by atoms with van der Waals surface area (Å²) >= 11 is 3.49. The Morgan fingerprint density at radius 2 is 2.10 bits per heavy atom. The van der Waals surface area contributed by atoms with Gasteiger partial charge in [0, 0.05) is 32.2 Å². The van der Waals surface area contributed by atoms with Gasteiger partial charge in [0.15, 0.2) is 0 Å². The van der Waals surface area contributed by atoms with Crippen molar-refractivity contribution in [1.29, 1.82) is 0 Å². The minimum Gasteiger partial charge on any atom is -0.492 e. The van der Waals surface area contributed by atoms with E-state index in [1.807, 2.05) is 24.3 Å². The second-order valence-corrected chi connectivity index (χ2v) is 5.58. The second kappa shape index (κ2) is 10.7. The summed E-state index contributed by atoms with van der Waals surface area (Å²) in [5.74, 6) is 0.936. The van der Waals surface area contributed by atoms with Gasteiger partial charge in [-0.05, 0) is 41.4 Å². The van der Waals surface area contributed by atoms with Gasteiger partial charge in [-0.2, -0.15) is 0 Å². The Labute approximate surface area is 142 Å². The van der Waals surface area contributed by atoms with Crippen LogP contribution >= 0.6 is 40.7 Å². The van der Waals surface area contributed by atoms with Crippen molar-refractivity contribution in [3.05, 3.63) is 28.7 Å².